The zero-order valence-electron chi connectivity index (χ0n) is 11.3. The summed E-state index contributed by atoms with van der Waals surface area (Å²) in [5.74, 6) is 0. The lowest BCUT2D eigenvalue weighted by molar-refractivity contribution is 0.102. The largest absolute Gasteiger partial charge is 0.239 e. The second-order valence-electron chi connectivity index (χ2n) is 5.70. The molecular formula is C14H20N3. The first-order valence-electron chi connectivity index (χ1n) is 6.13. The first kappa shape index (κ1) is 12.1. The predicted molar refractivity (Wildman–Crippen MR) is 69.8 cm³/mol. The summed E-state index contributed by atoms with van der Waals surface area (Å²) >= 11 is 0. The van der Waals surface area contributed by atoms with E-state index in [-0.39, 0.29) is 11.0 Å². The van der Waals surface area contributed by atoms with E-state index in [2.05, 4.69) is 57.1 Å². The molecule has 0 fully saturated rings. The van der Waals surface area contributed by atoms with Crippen LogP contribution in [-0.4, -0.2) is 15.0 Å². The zero-order chi connectivity index (χ0) is 12.7. The molecule has 1 radical (unpaired) electrons. The van der Waals surface area contributed by atoms with Gasteiger partial charge in [-0.05, 0) is 31.7 Å². The van der Waals surface area contributed by atoms with E-state index in [9.17, 15) is 0 Å². The van der Waals surface area contributed by atoms with Crippen molar-refractivity contribution in [3.63, 3.8) is 0 Å². The van der Waals surface area contributed by atoms with E-state index in [1.54, 1.807) is 0 Å². The first-order chi connectivity index (χ1) is 7.90. The topological polar surface area (TPSA) is 30.7 Å². The summed E-state index contributed by atoms with van der Waals surface area (Å²) < 4.78 is 2.03. The van der Waals surface area contributed by atoms with Crippen LogP contribution in [0.5, 0.6) is 0 Å². The van der Waals surface area contributed by atoms with Gasteiger partial charge in [-0.25, -0.2) is 4.68 Å². The summed E-state index contributed by atoms with van der Waals surface area (Å²) in [6.07, 6.45) is 1.10. The molecule has 3 heteroatoms. The Balaban J connectivity index is 2.60. The van der Waals surface area contributed by atoms with Gasteiger partial charge in [-0.15, -0.1) is 5.10 Å². The average Bonchev–Trinajstić information content (AvgIpc) is 2.72. The van der Waals surface area contributed by atoms with E-state index in [1.807, 2.05) is 16.8 Å². The molecule has 17 heavy (non-hydrogen) atoms. The van der Waals surface area contributed by atoms with E-state index in [0.29, 0.717) is 0 Å². The van der Waals surface area contributed by atoms with Gasteiger partial charge in [0.25, 0.3) is 0 Å². The number of aromatic nitrogens is 3. The second-order valence-corrected chi connectivity index (χ2v) is 5.70. The Labute approximate surface area is 103 Å². The monoisotopic (exact) mass is 230 g/mol. The van der Waals surface area contributed by atoms with Crippen LogP contribution in [0, 0.1) is 11.5 Å². The summed E-state index contributed by atoms with van der Waals surface area (Å²) in [4.78, 5) is 0. The molecule has 1 aromatic heterocycles. The first-order valence-corrected chi connectivity index (χ1v) is 6.13. The smallest absolute Gasteiger partial charge is 0.121 e. The molecule has 0 saturated heterocycles. The second kappa shape index (κ2) is 3.83. The van der Waals surface area contributed by atoms with E-state index >= 15 is 0 Å². The normalized spacial score (nSPS) is 13.2. The van der Waals surface area contributed by atoms with Gasteiger partial charge in [-0.2, -0.15) is 0 Å². The third-order valence-corrected chi connectivity index (χ3v) is 4.34. The summed E-state index contributed by atoms with van der Waals surface area (Å²) in [6.45, 7) is 11.2. The van der Waals surface area contributed by atoms with Gasteiger partial charge in [0.2, 0.25) is 0 Å². The van der Waals surface area contributed by atoms with Gasteiger partial charge in [0.1, 0.15) is 5.52 Å². The van der Waals surface area contributed by atoms with Gasteiger partial charge in [0.15, 0.2) is 0 Å². The fraction of sp³-hybridized carbons (Fsp3) is 0.571. The van der Waals surface area contributed by atoms with E-state index in [4.69, 9.17) is 0 Å². The third-order valence-electron chi connectivity index (χ3n) is 4.34. The molecule has 91 valence electrons. The van der Waals surface area contributed by atoms with Crippen LogP contribution in [0.15, 0.2) is 18.2 Å². The molecule has 1 heterocycles. The minimum Gasteiger partial charge on any atom is -0.239 e. The molecule has 0 bridgehead atoms. The molecule has 0 N–H and O–H groups in total. The van der Waals surface area contributed by atoms with Crippen LogP contribution in [0.4, 0.5) is 0 Å². The van der Waals surface area contributed by atoms with Crippen LogP contribution >= 0.6 is 0 Å². The Morgan fingerprint density at radius 2 is 2.00 bits per heavy atom. The van der Waals surface area contributed by atoms with Crippen LogP contribution in [-0.2, 0) is 5.54 Å². The molecule has 2 aromatic rings. The average molecular weight is 230 g/mol. The predicted octanol–water partition coefficient (Wildman–Crippen LogP) is 3.40. The number of benzene rings is 1. The van der Waals surface area contributed by atoms with Gasteiger partial charge >= 0.3 is 0 Å². The molecule has 0 amide bonds. The Bertz CT molecular complexity index is 523. The van der Waals surface area contributed by atoms with Crippen LogP contribution < -0.4 is 0 Å². The molecule has 0 atom stereocenters. The number of hydrogen-bond donors (Lipinski definition) is 0. The molecule has 0 aliphatic rings. The standard InChI is InChI=1S/C14H20N3/c1-6-13(2,3)14(4,5)17-12-10-8-7-9-11(12)15-16-17/h7-8,10H,6H2,1-5H3. The summed E-state index contributed by atoms with van der Waals surface area (Å²) in [5, 5.41) is 8.51. The van der Waals surface area contributed by atoms with Gasteiger partial charge < -0.3 is 0 Å². The van der Waals surface area contributed by atoms with Crippen LogP contribution in [0.2, 0.25) is 0 Å². The van der Waals surface area contributed by atoms with Gasteiger partial charge in [0.05, 0.1) is 11.1 Å². The molecule has 0 saturated carbocycles. The molecule has 2 rings (SSSR count). The van der Waals surface area contributed by atoms with Crippen molar-refractivity contribution in [2.24, 2.45) is 5.41 Å². The molecule has 0 aliphatic heterocycles. The number of fused-ring (bicyclic) bond motifs is 1. The zero-order valence-corrected chi connectivity index (χ0v) is 11.3. The molecule has 0 aliphatic carbocycles. The third kappa shape index (κ3) is 1.74. The quantitative estimate of drug-likeness (QED) is 0.809. The fourth-order valence-electron chi connectivity index (χ4n) is 1.94. The number of hydrogen-bond acceptors (Lipinski definition) is 2. The van der Waals surface area contributed by atoms with Crippen molar-refractivity contribution in [3.05, 3.63) is 24.3 Å². The van der Waals surface area contributed by atoms with Crippen molar-refractivity contribution in [1.29, 1.82) is 0 Å². The maximum Gasteiger partial charge on any atom is 0.121 e. The highest BCUT2D eigenvalue weighted by Crippen LogP contribution is 2.40. The van der Waals surface area contributed by atoms with Gasteiger partial charge in [-0.1, -0.05) is 38.1 Å². The van der Waals surface area contributed by atoms with Gasteiger partial charge in [0, 0.05) is 6.07 Å². The van der Waals surface area contributed by atoms with E-state index in [1.165, 1.54) is 0 Å². The lowest BCUT2D eigenvalue weighted by Gasteiger charge is -2.41. The van der Waals surface area contributed by atoms with Crippen molar-refractivity contribution < 1.29 is 0 Å². The minimum atomic E-state index is -0.0777. The Kier molecular flexibility index (Phi) is 2.72. The van der Waals surface area contributed by atoms with Crippen LogP contribution in [0.1, 0.15) is 41.0 Å². The van der Waals surface area contributed by atoms with E-state index in [0.717, 1.165) is 17.5 Å². The van der Waals surface area contributed by atoms with Crippen molar-refractivity contribution in [2.75, 3.05) is 0 Å². The Hall–Kier alpha value is -1.38. The van der Waals surface area contributed by atoms with Gasteiger partial charge in [-0.3, -0.25) is 0 Å². The maximum atomic E-state index is 4.32. The van der Waals surface area contributed by atoms with Crippen molar-refractivity contribution in [2.45, 2.75) is 46.6 Å². The number of rotatable bonds is 3. The summed E-state index contributed by atoms with van der Waals surface area (Å²) in [6, 6.07) is 9.03. The van der Waals surface area contributed by atoms with Crippen LogP contribution in [0.3, 0.4) is 0 Å². The highest BCUT2D eigenvalue weighted by atomic mass is 15.5. The molecule has 0 unspecified atom stereocenters. The van der Waals surface area contributed by atoms with E-state index < -0.39 is 0 Å². The lowest BCUT2D eigenvalue weighted by Crippen LogP contribution is -2.42. The highest BCUT2D eigenvalue weighted by molar-refractivity contribution is 5.73. The van der Waals surface area contributed by atoms with Crippen LogP contribution in [0.25, 0.3) is 11.0 Å². The SMILES string of the molecule is CCC(C)(C)C(C)(C)n1nnc2[c]cccc21. The summed E-state index contributed by atoms with van der Waals surface area (Å²) in [5.41, 5.74) is 1.97. The molecule has 1 aromatic carbocycles. The Morgan fingerprint density at radius 1 is 1.29 bits per heavy atom. The summed E-state index contributed by atoms with van der Waals surface area (Å²) in [7, 11) is 0. The molecule has 3 nitrogen and oxygen atoms in total. The maximum absolute atomic E-state index is 4.32. The highest BCUT2D eigenvalue weighted by Gasteiger charge is 2.38. The number of nitrogens with zero attached hydrogens (tertiary/aromatic N) is 3. The minimum absolute atomic E-state index is 0.0777. The van der Waals surface area contributed by atoms with Crippen molar-refractivity contribution >= 4 is 11.0 Å². The van der Waals surface area contributed by atoms with Crippen molar-refractivity contribution in [3.8, 4) is 0 Å². The Morgan fingerprint density at radius 3 is 2.65 bits per heavy atom. The molecular weight excluding hydrogens is 210 g/mol. The fourth-order valence-corrected chi connectivity index (χ4v) is 1.94. The van der Waals surface area contributed by atoms with Crippen molar-refractivity contribution in [1.82, 2.24) is 15.0 Å². The lowest BCUT2D eigenvalue weighted by atomic mass is 9.72. The molecule has 0 spiro atoms.